The highest BCUT2D eigenvalue weighted by molar-refractivity contribution is 5.94. The zero-order chi connectivity index (χ0) is 19.6. The van der Waals surface area contributed by atoms with Gasteiger partial charge in [0.2, 0.25) is 0 Å². The Morgan fingerprint density at radius 1 is 1.30 bits per heavy atom. The normalized spacial score (nSPS) is 11.9. The number of rotatable bonds is 9. The number of para-hydroxylation sites is 1. The molecule has 1 heterocycles. The van der Waals surface area contributed by atoms with Crippen molar-refractivity contribution >= 4 is 22.8 Å². The van der Waals surface area contributed by atoms with E-state index in [4.69, 9.17) is 4.74 Å². The second-order valence-corrected chi connectivity index (χ2v) is 6.18. The molecule has 0 saturated carbocycles. The third-order valence-corrected chi connectivity index (χ3v) is 3.94. The molecule has 0 fully saturated rings. The molecule has 146 valence electrons. The Bertz CT molecular complexity index is 836. The fourth-order valence-corrected chi connectivity index (χ4v) is 2.62. The average Bonchev–Trinajstić information content (AvgIpc) is 2.64. The lowest BCUT2D eigenvalue weighted by Gasteiger charge is -2.18. The molecular weight excluding hydrogens is 350 g/mol. The Kier molecular flexibility index (Phi) is 7.90. The summed E-state index contributed by atoms with van der Waals surface area (Å²) in [7, 11) is 1.58. The number of amides is 3. The lowest BCUT2D eigenvalue weighted by Crippen LogP contribution is -3.12. The zero-order valence-electron chi connectivity index (χ0n) is 15.6. The molecule has 1 aromatic carbocycles. The average molecular weight is 376 g/mol. The van der Waals surface area contributed by atoms with E-state index in [1.165, 1.54) is 0 Å². The van der Waals surface area contributed by atoms with Crippen LogP contribution in [0.25, 0.3) is 10.9 Å². The number of benzene rings is 1. The van der Waals surface area contributed by atoms with E-state index < -0.39 is 11.9 Å². The summed E-state index contributed by atoms with van der Waals surface area (Å²) in [4.78, 5) is 44.0. The summed E-state index contributed by atoms with van der Waals surface area (Å²) in [6.07, 6.45) is 0.786. The number of nitrogens with one attached hydrogen (secondary N) is 4. The first-order chi connectivity index (χ1) is 13.0. The molecule has 2 aromatic rings. The third kappa shape index (κ3) is 6.46. The summed E-state index contributed by atoms with van der Waals surface area (Å²) in [5.74, 6) is 0.0749. The van der Waals surface area contributed by atoms with Gasteiger partial charge in [-0.1, -0.05) is 19.1 Å². The summed E-state index contributed by atoms with van der Waals surface area (Å²) in [6.45, 7) is 3.77. The van der Waals surface area contributed by atoms with E-state index in [0.717, 1.165) is 11.3 Å². The van der Waals surface area contributed by atoms with E-state index in [2.05, 4.69) is 20.6 Å². The Hall–Kier alpha value is -2.78. The van der Waals surface area contributed by atoms with Crippen molar-refractivity contribution in [3.63, 3.8) is 0 Å². The van der Waals surface area contributed by atoms with Crippen molar-refractivity contribution in [2.45, 2.75) is 19.9 Å². The first-order valence-electron chi connectivity index (χ1n) is 8.91. The molecular formula is C18H26N5O4+. The molecule has 27 heavy (non-hydrogen) atoms. The van der Waals surface area contributed by atoms with Crippen molar-refractivity contribution in [3.05, 3.63) is 40.4 Å². The van der Waals surface area contributed by atoms with Crippen LogP contribution in [0.5, 0.6) is 0 Å². The highest BCUT2D eigenvalue weighted by atomic mass is 16.5. The minimum atomic E-state index is -0.509. The monoisotopic (exact) mass is 376 g/mol. The SMILES string of the molecule is CCCNC(=O)NC(=O)C[NH+](CCOC)Cc1nc2ccccc2c(=O)[nH]1. The Morgan fingerprint density at radius 2 is 2.07 bits per heavy atom. The van der Waals surface area contributed by atoms with E-state index in [1.54, 1.807) is 25.3 Å². The number of methoxy groups -OCH3 is 1. The van der Waals surface area contributed by atoms with E-state index in [9.17, 15) is 14.4 Å². The van der Waals surface area contributed by atoms with E-state index in [0.29, 0.717) is 43.0 Å². The van der Waals surface area contributed by atoms with E-state index in [-0.39, 0.29) is 12.1 Å². The minimum absolute atomic E-state index is 0.0550. The van der Waals surface area contributed by atoms with E-state index >= 15 is 0 Å². The number of aromatic amines is 1. The highest BCUT2D eigenvalue weighted by Gasteiger charge is 2.18. The van der Waals surface area contributed by atoms with Gasteiger partial charge in [0.25, 0.3) is 11.5 Å². The van der Waals surface area contributed by atoms with Crippen molar-refractivity contribution in [2.24, 2.45) is 0 Å². The number of H-pyrrole nitrogens is 1. The number of imide groups is 1. The lowest BCUT2D eigenvalue weighted by molar-refractivity contribution is -0.906. The van der Waals surface area contributed by atoms with Gasteiger partial charge in [-0.15, -0.1) is 0 Å². The number of quaternary nitrogens is 1. The molecule has 1 unspecified atom stereocenters. The molecule has 3 amide bonds. The van der Waals surface area contributed by atoms with Gasteiger partial charge in [-0.05, 0) is 18.6 Å². The van der Waals surface area contributed by atoms with Gasteiger partial charge in [0.1, 0.15) is 13.1 Å². The van der Waals surface area contributed by atoms with Crippen LogP contribution >= 0.6 is 0 Å². The Labute approximate surface area is 157 Å². The van der Waals surface area contributed by atoms with Crippen molar-refractivity contribution in [3.8, 4) is 0 Å². The number of ether oxygens (including phenoxy) is 1. The van der Waals surface area contributed by atoms with Crippen molar-refractivity contribution in [1.82, 2.24) is 20.6 Å². The molecule has 9 heteroatoms. The Balaban J connectivity index is 2.06. The number of fused-ring (bicyclic) bond motifs is 1. The zero-order valence-corrected chi connectivity index (χ0v) is 15.6. The van der Waals surface area contributed by atoms with Gasteiger partial charge in [0.05, 0.1) is 17.5 Å². The maximum atomic E-state index is 12.2. The predicted molar refractivity (Wildman–Crippen MR) is 100 cm³/mol. The maximum absolute atomic E-state index is 12.2. The van der Waals surface area contributed by atoms with Crippen LogP contribution in [0.3, 0.4) is 0 Å². The van der Waals surface area contributed by atoms with Gasteiger partial charge in [-0.3, -0.25) is 14.9 Å². The second kappa shape index (κ2) is 10.4. The first-order valence-corrected chi connectivity index (χ1v) is 8.91. The predicted octanol–water partition coefficient (Wildman–Crippen LogP) is -0.810. The molecule has 0 spiro atoms. The number of hydrogen-bond acceptors (Lipinski definition) is 5. The summed E-state index contributed by atoms with van der Waals surface area (Å²) in [5, 5.41) is 5.42. The number of carbonyl (C=O) groups excluding carboxylic acids is 2. The molecule has 9 nitrogen and oxygen atoms in total. The van der Waals surface area contributed by atoms with Crippen LogP contribution < -0.4 is 21.1 Å². The van der Waals surface area contributed by atoms with Crippen LogP contribution in [0.15, 0.2) is 29.1 Å². The molecule has 0 bridgehead atoms. The van der Waals surface area contributed by atoms with Crippen molar-refractivity contribution in [1.29, 1.82) is 0 Å². The lowest BCUT2D eigenvalue weighted by atomic mass is 10.2. The topological polar surface area (TPSA) is 118 Å². The molecule has 0 saturated heterocycles. The molecule has 1 aromatic heterocycles. The van der Waals surface area contributed by atoms with Crippen LogP contribution in [0.1, 0.15) is 19.2 Å². The Morgan fingerprint density at radius 3 is 2.81 bits per heavy atom. The number of nitrogens with zero attached hydrogens (tertiary/aromatic N) is 1. The second-order valence-electron chi connectivity index (χ2n) is 6.18. The summed E-state index contributed by atoms with van der Waals surface area (Å²) in [5.41, 5.74) is 0.385. The number of aromatic nitrogens is 2. The largest absolute Gasteiger partial charge is 0.379 e. The molecule has 2 rings (SSSR count). The summed E-state index contributed by atoms with van der Waals surface area (Å²) < 4.78 is 5.10. The quantitative estimate of drug-likeness (QED) is 0.457. The van der Waals surface area contributed by atoms with Gasteiger partial charge < -0.3 is 19.9 Å². The van der Waals surface area contributed by atoms with Crippen LogP contribution in [-0.4, -0.2) is 55.3 Å². The molecule has 0 radical (unpaired) electrons. The van der Waals surface area contributed by atoms with Gasteiger partial charge in [-0.25, -0.2) is 9.78 Å². The fourth-order valence-electron chi connectivity index (χ4n) is 2.62. The van der Waals surface area contributed by atoms with E-state index in [1.807, 2.05) is 13.0 Å². The molecule has 0 aliphatic carbocycles. The summed E-state index contributed by atoms with van der Waals surface area (Å²) >= 11 is 0. The van der Waals surface area contributed by atoms with Crippen LogP contribution in [0.2, 0.25) is 0 Å². The van der Waals surface area contributed by atoms with Crippen LogP contribution in [0.4, 0.5) is 4.79 Å². The van der Waals surface area contributed by atoms with Crippen molar-refractivity contribution in [2.75, 3.05) is 33.4 Å². The number of hydrogen-bond donors (Lipinski definition) is 4. The van der Waals surface area contributed by atoms with Crippen LogP contribution in [-0.2, 0) is 16.1 Å². The molecule has 1 atom stereocenters. The standard InChI is InChI=1S/C18H25N5O4/c1-3-8-19-18(26)22-16(24)12-23(9-10-27-2)11-15-20-14-7-5-4-6-13(14)17(25)21-15/h4-7H,3,8-12H2,1-2H3,(H,20,21,25)(H2,19,22,24,26)/p+1. The molecule has 4 N–H and O–H groups in total. The summed E-state index contributed by atoms with van der Waals surface area (Å²) in [6, 6.07) is 6.57. The third-order valence-electron chi connectivity index (χ3n) is 3.94. The van der Waals surface area contributed by atoms with Crippen LogP contribution in [0, 0.1) is 0 Å². The van der Waals surface area contributed by atoms with Gasteiger partial charge in [0, 0.05) is 13.7 Å². The maximum Gasteiger partial charge on any atom is 0.321 e. The van der Waals surface area contributed by atoms with Gasteiger partial charge in [-0.2, -0.15) is 0 Å². The molecule has 0 aliphatic rings. The smallest absolute Gasteiger partial charge is 0.321 e. The molecule has 0 aliphatic heterocycles. The number of urea groups is 1. The van der Waals surface area contributed by atoms with Gasteiger partial charge >= 0.3 is 6.03 Å². The first kappa shape index (κ1) is 20.5. The van der Waals surface area contributed by atoms with Gasteiger partial charge in [0.15, 0.2) is 12.4 Å². The van der Waals surface area contributed by atoms with Crippen molar-refractivity contribution < 1.29 is 19.2 Å². The number of carbonyl (C=O) groups is 2. The highest BCUT2D eigenvalue weighted by Crippen LogP contribution is 2.04. The minimum Gasteiger partial charge on any atom is -0.379 e. The fraction of sp³-hybridized carbons (Fsp3) is 0.444.